The van der Waals surface area contributed by atoms with Gasteiger partial charge in [-0.05, 0) is 45.4 Å². The van der Waals surface area contributed by atoms with E-state index >= 15 is 0 Å². The van der Waals surface area contributed by atoms with Crippen LogP contribution in [0.25, 0.3) is 0 Å². The van der Waals surface area contributed by atoms with E-state index in [2.05, 4.69) is 54.8 Å². The summed E-state index contributed by atoms with van der Waals surface area (Å²) in [5, 5.41) is 16.8. The molecule has 2 N–H and O–H groups in total. The molecule has 0 bridgehead atoms. The lowest BCUT2D eigenvalue weighted by Gasteiger charge is -2.37. The van der Waals surface area contributed by atoms with E-state index in [1.165, 1.54) is 25.0 Å². The topological polar surface area (TPSA) is 60.2 Å². The molecule has 2 fully saturated rings. The fraction of sp³-hybridized carbons (Fsp3) is 0.545. The Kier molecular flexibility index (Phi) is 5.36. The molecule has 1 unspecified atom stereocenters. The Bertz CT molecular complexity index is 722. The zero-order valence-electron chi connectivity index (χ0n) is 16.1. The highest BCUT2D eigenvalue weighted by Gasteiger charge is 2.38. The molecule has 138 valence electrons. The Balaban J connectivity index is 1.75. The van der Waals surface area contributed by atoms with Gasteiger partial charge in [0.1, 0.15) is 0 Å². The Morgan fingerprint density at radius 1 is 1.38 bits per heavy atom. The summed E-state index contributed by atoms with van der Waals surface area (Å²) in [7, 11) is 0. The molecule has 0 amide bonds. The highest BCUT2D eigenvalue weighted by atomic mass is 15.0. The lowest BCUT2D eigenvalue weighted by Crippen LogP contribution is -2.43. The number of rotatable bonds is 7. The quantitative estimate of drug-likeness (QED) is 0.699. The van der Waals surface area contributed by atoms with E-state index in [1.54, 1.807) is 0 Å². The molecule has 4 heteroatoms. The summed E-state index contributed by atoms with van der Waals surface area (Å²) < 4.78 is 0. The average molecular weight is 351 g/mol. The van der Waals surface area contributed by atoms with Crippen LogP contribution in [0.15, 0.2) is 52.6 Å². The van der Waals surface area contributed by atoms with Crippen LogP contribution in [-0.4, -0.2) is 12.3 Å². The van der Waals surface area contributed by atoms with Crippen LogP contribution in [0.5, 0.6) is 0 Å². The van der Waals surface area contributed by atoms with Crippen molar-refractivity contribution in [2.24, 2.45) is 16.3 Å². The van der Waals surface area contributed by atoms with Gasteiger partial charge in [0, 0.05) is 29.2 Å². The lowest BCUT2D eigenvalue weighted by molar-refractivity contribution is 0.209. The largest absolute Gasteiger partial charge is 0.381 e. The first kappa shape index (κ1) is 18.5. The first-order valence-electron chi connectivity index (χ1n) is 9.78. The zero-order chi connectivity index (χ0) is 18.7. The standard InChI is InChI=1S/C22H30N4/c1-5-20(18-9-10-18)26-21-16(3)24-13-19(21)15(2)25-17(4)22(14-23)11-7-6-8-12-22/h5,13,17-18,25-26H,2-3,6-12H2,1,4H3/b20-5-. The Labute approximate surface area is 157 Å². The zero-order valence-corrected chi connectivity index (χ0v) is 16.1. The van der Waals surface area contributed by atoms with Gasteiger partial charge in [-0.25, -0.2) is 0 Å². The van der Waals surface area contributed by atoms with Gasteiger partial charge in [0.15, 0.2) is 0 Å². The maximum absolute atomic E-state index is 9.81. The molecule has 26 heavy (non-hydrogen) atoms. The van der Waals surface area contributed by atoms with Crippen LogP contribution in [0.1, 0.15) is 58.8 Å². The van der Waals surface area contributed by atoms with E-state index in [0.29, 0.717) is 5.92 Å². The minimum Gasteiger partial charge on any atom is -0.381 e. The van der Waals surface area contributed by atoms with Gasteiger partial charge in [0.25, 0.3) is 0 Å². The minimum absolute atomic E-state index is 0.0564. The monoisotopic (exact) mass is 350 g/mol. The Morgan fingerprint density at radius 3 is 2.65 bits per heavy atom. The maximum Gasteiger partial charge on any atom is 0.0800 e. The first-order valence-corrected chi connectivity index (χ1v) is 9.78. The summed E-state index contributed by atoms with van der Waals surface area (Å²) >= 11 is 0. The number of hydrogen-bond donors (Lipinski definition) is 2. The number of hydrogen-bond acceptors (Lipinski definition) is 4. The van der Waals surface area contributed by atoms with Gasteiger partial charge in [-0.2, -0.15) is 5.26 Å². The normalized spacial score (nSPS) is 23.6. The van der Waals surface area contributed by atoms with Crippen molar-refractivity contribution in [1.29, 1.82) is 5.26 Å². The summed E-state index contributed by atoms with van der Waals surface area (Å²) in [5.74, 6) is 0.631. The molecule has 0 radical (unpaired) electrons. The van der Waals surface area contributed by atoms with E-state index < -0.39 is 0 Å². The smallest absolute Gasteiger partial charge is 0.0800 e. The summed E-state index contributed by atoms with van der Waals surface area (Å²) in [6, 6.07) is 2.66. The van der Waals surface area contributed by atoms with Crippen LogP contribution in [-0.2, 0) is 0 Å². The molecular formula is C22H30N4. The summed E-state index contributed by atoms with van der Waals surface area (Å²) in [6.07, 6.45) is 11.9. The fourth-order valence-corrected chi connectivity index (χ4v) is 4.05. The third-order valence-electron chi connectivity index (χ3n) is 6.02. The fourth-order valence-electron chi connectivity index (χ4n) is 4.05. The summed E-state index contributed by atoms with van der Waals surface area (Å²) in [6.45, 7) is 12.5. The van der Waals surface area contributed by atoms with E-state index in [0.717, 1.165) is 48.3 Å². The molecule has 4 nitrogen and oxygen atoms in total. The number of nitrogens with zero attached hydrogens (tertiary/aromatic N) is 2. The molecule has 1 aliphatic heterocycles. The second-order valence-corrected chi connectivity index (χ2v) is 7.81. The summed E-state index contributed by atoms with van der Waals surface area (Å²) in [4.78, 5) is 4.40. The molecule has 3 rings (SSSR count). The molecule has 2 aliphatic carbocycles. The highest BCUT2D eigenvalue weighted by molar-refractivity contribution is 5.90. The van der Waals surface area contributed by atoms with Gasteiger partial charge < -0.3 is 10.6 Å². The van der Waals surface area contributed by atoms with Crippen molar-refractivity contribution in [2.45, 2.75) is 64.8 Å². The van der Waals surface area contributed by atoms with Crippen molar-refractivity contribution in [3.8, 4) is 6.07 Å². The summed E-state index contributed by atoms with van der Waals surface area (Å²) in [5.41, 5.74) is 4.38. The van der Waals surface area contributed by atoms with Gasteiger partial charge in [-0.15, -0.1) is 0 Å². The average Bonchev–Trinajstić information content (AvgIpc) is 3.43. The van der Waals surface area contributed by atoms with E-state index in [-0.39, 0.29) is 11.5 Å². The van der Waals surface area contributed by atoms with Crippen molar-refractivity contribution in [3.05, 3.63) is 47.6 Å². The molecule has 3 aliphatic rings. The maximum atomic E-state index is 9.81. The Morgan fingerprint density at radius 2 is 2.08 bits per heavy atom. The molecule has 0 spiro atoms. The third kappa shape index (κ3) is 3.62. The van der Waals surface area contributed by atoms with Gasteiger partial charge in [0.2, 0.25) is 0 Å². The molecule has 0 aromatic heterocycles. The van der Waals surface area contributed by atoms with Gasteiger partial charge in [-0.1, -0.05) is 38.5 Å². The van der Waals surface area contributed by atoms with E-state index in [4.69, 9.17) is 0 Å². The van der Waals surface area contributed by atoms with Crippen LogP contribution in [0, 0.1) is 22.7 Å². The second kappa shape index (κ2) is 7.53. The van der Waals surface area contributed by atoms with Gasteiger partial charge in [0.05, 0.1) is 22.9 Å². The van der Waals surface area contributed by atoms with Gasteiger partial charge in [-0.3, -0.25) is 4.99 Å². The van der Waals surface area contributed by atoms with Crippen molar-refractivity contribution in [3.63, 3.8) is 0 Å². The molecule has 1 heterocycles. The number of aliphatic imine (C=N–C) groups is 1. The van der Waals surface area contributed by atoms with Crippen molar-refractivity contribution < 1.29 is 0 Å². The van der Waals surface area contributed by atoms with Crippen molar-refractivity contribution in [2.75, 3.05) is 0 Å². The number of nitrogens with one attached hydrogen (secondary N) is 2. The first-order chi connectivity index (χ1) is 12.5. The number of nitriles is 1. The van der Waals surface area contributed by atoms with Crippen molar-refractivity contribution >= 4 is 6.21 Å². The highest BCUT2D eigenvalue weighted by Crippen LogP contribution is 2.40. The molecule has 2 saturated carbocycles. The Hall–Kier alpha value is -2.28. The van der Waals surface area contributed by atoms with Crippen LogP contribution in [0.3, 0.4) is 0 Å². The van der Waals surface area contributed by atoms with Crippen LogP contribution in [0.4, 0.5) is 0 Å². The third-order valence-corrected chi connectivity index (χ3v) is 6.02. The predicted molar refractivity (Wildman–Crippen MR) is 107 cm³/mol. The van der Waals surface area contributed by atoms with Crippen LogP contribution < -0.4 is 10.6 Å². The van der Waals surface area contributed by atoms with Crippen LogP contribution in [0.2, 0.25) is 0 Å². The SMILES string of the molecule is C=C1N=CC(C(=C)NC(C)C2(C#N)CCCCC2)=C1N/C(=C\C)C1CC1. The molecule has 1 atom stereocenters. The minimum atomic E-state index is -0.301. The number of allylic oxidation sites excluding steroid dienone is 3. The van der Waals surface area contributed by atoms with E-state index in [9.17, 15) is 5.26 Å². The van der Waals surface area contributed by atoms with Gasteiger partial charge >= 0.3 is 0 Å². The molecule has 0 aromatic carbocycles. The molecular weight excluding hydrogens is 320 g/mol. The lowest BCUT2D eigenvalue weighted by atomic mass is 9.70. The predicted octanol–water partition coefficient (Wildman–Crippen LogP) is 4.71. The molecule has 0 aromatic rings. The molecule has 0 saturated heterocycles. The van der Waals surface area contributed by atoms with Crippen molar-refractivity contribution in [1.82, 2.24) is 10.6 Å². The van der Waals surface area contributed by atoms with E-state index in [1.807, 2.05) is 6.21 Å². The van der Waals surface area contributed by atoms with Crippen LogP contribution >= 0.6 is 0 Å². The second-order valence-electron chi connectivity index (χ2n) is 7.81.